The van der Waals surface area contributed by atoms with Crippen LogP contribution in [-0.2, 0) is 9.53 Å². The van der Waals surface area contributed by atoms with E-state index in [0.717, 1.165) is 31.8 Å². The predicted octanol–water partition coefficient (Wildman–Crippen LogP) is 2.32. The van der Waals surface area contributed by atoms with Crippen molar-refractivity contribution in [1.82, 2.24) is 10.2 Å². The van der Waals surface area contributed by atoms with Crippen LogP contribution in [0.2, 0.25) is 0 Å². The Labute approximate surface area is 123 Å². The Hall–Kier alpha value is -0.610. The SMILES string of the molecule is CC(C)OC(=O)C1CCC(CCN(C)C2CCCC2)N1. The predicted molar refractivity (Wildman–Crippen MR) is 80.7 cm³/mol. The Balaban J connectivity index is 1.66. The van der Waals surface area contributed by atoms with E-state index in [1.807, 2.05) is 13.8 Å². The zero-order chi connectivity index (χ0) is 14.5. The molecule has 4 heteroatoms. The second-order valence-corrected chi connectivity index (χ2v) is 6.69. The monoisotopic (exact) mass is 282 g/mol. The number of nitrogens with zero attached hydrogens (tertiary/aromatic N) is 1. The van der Waals surface area contributed by atoms with Crippen LogP contribution in [0.4, 0.5) is 0 Å². The normalized spacial score (nSPS) is 27.6. The van der Waals surface area contributed by atoms with E-state index in [1.165, 1.54) is 25.7 Å². The summed E-state index contributed by atoms with van der Waals surface area (Å²) in [7, 11) is 2.25. The molecule has 20 heavy (non-hydrogen) atoms. The van der Waals surface area contributed by atoms with Gasteiger partial charge in [-0.25, -0.2) is 0 Å². The minimum Gasteiger partial charge on any atom is -0.462 e. The van der Waals surface area contributed by atoms with E-state index >= 15 is 0 Å². The summed E-state index contributed by atoms with van der Waals surface area (Å²) >= 11 is 0. The molecule has 2 atom stereocenters. The number of hydrogen-bond acceptors (Lipinski definition) is 4. The first-order valence-electron chi connectivity index (χ1n) is 8.23. The summed E-state index contributed by atoms with van der Waals surface area (Å²) in [6.07, 6.45) is 8.63. The van der Waals surface area contributed by atoms with Crippen LogP contribution < -0.4 is 5.32 Å². The summed E-state index contributed by atoms with van der Waals surface area (Å²) in [6, 6.07) is 1.18. The first-order valence-corrected chi connectivity index (χ1v) is 8.23. The number of rotatable bonds is 6. The zero-order valence-electron chi connectivity index (χ0n) is 13.2. The van der Waals surface area contributed by atoms with Gasteiger partial charge in [0.25, 0.3) is 0 Å². The highest BCUT2D eigenvalue weighted by molar-refractivity contribution is 5.76. The summed E-state index contributed by atoms with van der Waals surface area (Å²) < 4.78 is 5.28. The van der Waals surface area contributed by atoms with Gasteiger partial charge in [0.2, 0.25) is 0 Å². The number of nitrogens with one attached hydrogen (secondary N) is 1. The largest absolute Gasteiger partial charge is 0.462 e. The van der Waals surface area contributed by atoms with E-state index in [-0.39, 0.29) is 18.1 Å². The lowest BCUT2D eigenvalue weighted by molar-refractivity contribution is -0.149. The highest BCUT2D eigenvalue weighted by atomic mass is 16.5. The molecule has 0 aromatic carbocycles. The molecule has 0 radical (unpaired) electrons. The molecule has 2 rings (SSSR count). The Morgan fingerprint density at radius 1 is 1.25 bits per heavy atom. The van der Waals surface area contributed by atoms with Crippen molar-refractivity contribution in [2.45, 2.75) is 83.0 Å². The summed E-state index contributed by atoms with van der Waals surface area (Å²) in [6.45, 7) is 4.94. The highest BCUT2D eigenvalue weighted by Crippen LogP contribution is 2.23. The first kappa shape index (κ1) is 15.8. The third-order valence-corrected chi connectivity index (χ3v) is 4.66. The number of carbonyl (C=O) groups is 1. The van der Waals surface area contributed by atoms with Crippen LogP contribution in [0.3, 0.4) is 0 Å². The first-order chi connectivity index (χ1) is 9.56. The maximum Gasteiger partial charge on any atom is 0.323 e. The van der Waals surface area contributed by atoms with E-state index in [9.17, 15) is 4.79 Å². The number of esters is 1. The van der Waals surface area contributed by atoms with Crippen LogP contribution in [0.15, 0.2) is 0 Å². The average Bonchev–Trinajstić information content (AvgIpc) is 3.06. The van der Waals surface area contributed by atoms with Crippen LogP contribution in [-0.4, -0.2) is 48.7 Å². The molecular formula is C16H30N2O2. The van der Waals surface area contributed by atoms with Crippen molar-refractivity contribution in [1.29, 1.82) is 0 Å². The van der Waals surface area contributed by atoms with Crippen LogP contribution in [0.25, 0.3) is 0 Å². The molecule has 1 aliphatic carbocycles. The quantitative estimate of drug-likeness (QED) is 0.759. The molecule has 4 nitrogen and oxygen atoms in total. The molecule has 1 heterocycles. The van der Waals surface area contributed by atoms with Gasteiger partial charge in [-0.3, -0.25) is 4.79 Å². The van der Waals surface area contributed by atoms with E-state index in [1.54, 1.807) is 0 Å². The smallest absolute Gasteiger partial charge is 0.323 e. The molecule has 0 aromatic rings. The highest BCUT2D eigenvalue weighted by Gasteiger charge is 2.31. The third kappa shape index (κ3) is 4.45. The molecule has 116 valence electrons. The molecule has 0 bridgehead atoms. The van der Waals surface area contributed by atoms with E-state index in [4.69, 9.17) is 4.74 Å². The summed E-state index contributed by atoms with van der Waals surface area (Å²) in [4.78, 5) is 14.4. The molecule has 1 saturated heterocycles. The summed E-state index contributed by atoms with van der Waals surface area (Å²) in [5, 5.41) is 3.44. The summed E-state index contributed by atoms with van der Waals surface area (Å²) in [5.41, 5.74) is 0. The van der Waals surface area contributed by atoms with Crippen molar-refractivity contribution >= 4 is 5.97 Å². The molecule has 1 aliphatic heterocycles. The van der Waals surface area contributed by atoms with Crippen LogP contribution in [0.5, 0.6) is 0 Å². The molecule has 2 fully saturated rings. The average molecular weight is 282 g/mol. The van der Waals surface area contributed by atoms with Crippen molar-refractivity contribution in [2.24, 2.45) is 0 Å². The van der Waals surface area contributed by atoms with Crippen molar-refractivity contribution in [3.05, 3.63) is 0 Å². The molecular weight excluding hydrogens is 252 g/mol. The van der Waals surface area contributed by atoms with Crippen LogP contribution >= 0.6 is 0 Å². The molecule has 1 saturated carbocycles. The van der Waals surface area contributed by atoms with E-state index < -0.39 is 0 Å². The fraction of sp³-hybridized carbons (Fsp3) is 0.938. The minimum atomic E-state index is -0.0841. The van der Waals surface area contributed by atoms with E-state index in [2.05, 4.69) is 17.3 Å². The maximum atomic E-state index is 11.9. The lowest BCUT2D eigenvalue weighted by atomic mass is 10.1. The zero-order valence-corrected chi connectivity index (χ0v) is 13.2. The number of hydrogen-bond donors (Lipinski definition) is 1. The van der Waals surface area contributed by atoms with Crippen molar-refractivity contribution in [3.63, 3.8) is 0 Å². The number of carbonyl (C=O) groups excluding carboxylic acids is 1. The third-order valence-electron chi connectivity index (χ3n) is 4.66. The fourth-order valence-corrected chi connectivity index (χ4v) is 3.43. The Morgan fingerprint density at radius 3 is 2.60 bits per heavy atom. The van der Waals surface area contributed by atoms with Crippen LogP contribution in [0.1, 0.15) is 58.8 Å². The second kappa shape index (κ2) is 7.41. The van der Waals surface area contributed by atoms with Crippen molar-refractivity contribution < 1.29 is 9.53 Å². The van der Waals surface area contributed by atoms with Gasteiger partial charge in [-0.1, -0.05) is 12.8 Å². The van der Waals surface area contributed by atoms with Gasteiger partial charge in [-0.15, -0.1) is 0 Å². The Bertz CT molecular complexity index is 314. The lowest BCUT2D eigenvalue weighted by Crippen LogP contribution is -2.39. The topological polar surface area (TPSA) is 41.6 Å². The van der Waals surface area contributed by atoms with Gasteiger partial charge in [0.1, 0.15) is 6.04 Å². The molecule has 1 N–H and O–H groups in total. The van der Waals surface area contributed by atoms with Crippen molar-refractivity contribution in [3.8, 4) is 0 Å². The van der Waals surface area contributed by atoms with Gasteiger partial charge >= 0.3 is 5.97 Å². The van der Waals surface area contributed by atoms with Gasteiger partial charge in [-0.05, 0) is 59.5 Å². The van der Waals surface area contributed by atoms with E-state index in [0.29, 0.717) is 6.04 Å². The Morgan fingerprint density at radius 2 is 1.95 bits per heavy atom. The van der Waals surface area contributed by atoms with Gasteiger partial charge in [0, 0.05) is 12.1 Å². The standard InChI is InChI=1S/C16H30N2O2/c1-12(2)20-16(19)15-9-8-13(17-15)10-11-18(3)14-6-4-5-7-14/h12-15,17H,4-11H2,1-3H3. The Kier molecular flexibility index (Phi) is 5.85. The van der Waals surface area contributed by atoms with Gasteiger partial charge < -0.3 is 15.0 Å². The summed E-state index contributed by atoms with van der Waals surface area (Å²) in [5.74, 6) is -0.0772. The fourth-order valence-electron chi connectivity index (χ4n) is 3.43. The second-order valence-electron chi connectivity index (χ2n) is 6.69. The number of ether oxygens (including phenoxy) is 1. The molecule has 2 aliphatic rings. The van der Waals surface area contributed by atoms with Gasteiger partial charge in [0.15, 0.2) is 0 Å². The van der Waals surface area contributed by atoms with Crippen LogP contribution in [0, 0.1) is 0 Å². The van der Waals surface area contributed by atoms with Crippen molar-refractivity contribution in [2.75, 3.05) is 13.6 Å². The van der Waals surface area contributed by atoms with Gasteiger partial charge in [0.05, 0.1) is 6.10 Å². The molecule has 0 spiro atoms. The molecule has 0 amide bonds. The molecule has 0 aromatic heterocycles. The maximum absolute atomic E-state index is 11.9. The minimum absolute atomic E-state index is 0.0168. The van der Waals surface area contributed by atoms with Gasteiger partial charge in [-0.2, -0.15) is 0 Å². The lowest BCUT2D eigenvalue weighted by Gasteiger charge is -2.25. The molecule has 2 unspecified atom stereocenters.